The van der Waals surface area contributed by atoms with Crippen molar-refractivity contribution in [3.05, 3.63) is 29.3 Å². The number of nitrogens with zero attached hydrogens (tertiary/aromatic N) is 3. The summed E-state index contributed by atoms with van der Waals surface area (Å²) in [6, 6.07) is 5.47. The number of fused-ring (bicyclic) bond motifs is 1. The van der Waals surface area contributed by atoms with Gasteiger partial charge in [-0.1, -0.05) is 6.07 Å². The molecule has 6 nitrogen and oxygen atoms in total. The highest BCUT2D eigenvalue weighted by Crippen LogP contribution is 2.26. The Hall–Kier alpha value is -1.44. The van der Waals surface area contributed by atoms with E-state index in [1.165, 1.54) is 17.5 Å². The highest BCUT2D eigenvalue weighted by atomic mass is 32.2. The second-order valence-electron chi connectivity index (χ2n) is 8.29. The maximum absolute atomic E-state index is 13.1. The third-order valence-corrected chi connectivity index (χ3v) is 8.45. The fourth-order valence-electron chi connectivity index (χ4n) is 4.71. The van der Waals surface area contributed by atoms with Gasteiger partial charge in [0.15, 0.2) is 0 Å². The first-order valence-electron chi connectivity index (χ1n) is 10.6. The van der Waals surface area contributed by atoms with E-state index in [9.17, 15) is 13.2 Å². The summed E-state index contributed by atoms with van der Waals surface area (Å²) < 4.78 is 27.8. The lowest BCUT2D eigenvalue weighted by Crippen LogP contribution is -2.55. The molecule has 154 valence electrons. The van der Waals surface area contributed by atoms with Gasteiger partial charge in [-0.05, 0) is 68.7 Å². The van der Waals surface area contributed by atoms with Gasteiger partial charge < -0.3 is 4.90 Å². The molecule has 2 saturated heterocycles. The molecule has 1 aliphatic carbocycles. The highest BCUT2D eigenvalue weighted by molar-refractivity contribution is 7.89. The number of likely N-dealkylation sites (tertiary alicyclic amines) is 1. The molecule has 0 N–H and O–H groups in total. The van der Waals surface area contributed by atoms with E-state index in [0.717, 1.165) is 45.2 Å². The quantitative estimate of drug-likeness (QED) is 0.767. The fourth-order valence-corrected chi connectivity index (χ4v) is 6.18. The topological polar surface area (TPSA) is 60.9 Å². The predicted molar refractivity (Wildman–Crippen MR) is 109 cm³/mol. The summed E-state index contributed by atoms with van der Waals surface area (Å²) in [5.74, 6) is 0.184. The summed E-state index contributed by atoms with van der Waals surface area (Å²) in [5.41, 5.74) is 2.49. The van der Waals surface area contributed by atoms with E-state index in [1.54, 1.807) is 10.4 Å². The maximum atomic E-state index is 13.1. The summed E-state index contributed by atoms with van der Waals surface area (Å²) in [4.78, 5) is 17.1. The molecule has 0 spiro atoms. The minimum atomic E-state index is -3.47. The van der Waals surface area contributed by atoms with Gasteiger partial charge in [0, 0.05) is 39.3 Å². The fraction of sp³-hybridized carbons (Fsp3) is 0.667. The molecule has 1 aromatic carbocycles. The van der Waals surface area contributed by atoms with Crippen LogP contribution in [0.5, 0.6) is 0 Å². The molecule has 0 saturated carbocycles. The SMILES string of the molecule is C[C@@H](C(=O)N1CCCC1)N1CCN(S(=O)(=O)c2ccc3c(c2)CCCC3)CC1. The van der Waals surface area contributed by atoms with E-state index in [0.29, 0.717) is 31.1 Å². The first-order valence-corrected chi connectivity index (χ1v) is 12.1. The molecule has 7 heteroatoms. The molecule has 1 aromatic rings. The van der Waals surface area contributed by atoms with Crippen LogP contribution < -0.4 is 0 Å². The van der Waals surface area contributed by atoms with Gasteiger partial charge in [0.05, 0.1) is 10.9 Å². The molecule has 2 heterocycles. The summed E-state index contributed by atoms with van der Waals surface area (Å²) in [6.45, 7) is 5.75. The third-order valence-electron chi connectivity index (χ3n) is 6.55. The van der Waals surface area contributed by atoms with E-state index >= 15 is 0 Å². The van der Waals surface area contributed by atoms with Crippen molar-refractivity contribution >= 4 is 15.9 Å². The van der Waals surface area contributed by atoms with E-state index in [1.807, 2.05) is 24.0 Å². The van der Waals surface area contributed by atoms with Crippen LogP contribution in [-0.4, -0.2) is 73.7 Å². The number of amides is 1. The van der Waals surface area contributed by atoms with Gasteiger partial charge >= 0.3 is 0 Å². The van der Waals surface area contributed by atoms with Crippen LogP contribution in [0.2, 0.25) is 0 Å². The van der Waals surface area contributed by atoms with Gasteiger partial charge in [0.2, 0.25) is 15.9 Å². The van der Waals surface area contributed by atoms with Gasteiger partial charge in [-0.2, -0.15) is 4.31 Å². The van der Waals surface area contributed by atoms with E-state index in [2.05, 4.69) is 4.90 Å². The van der Waals surface area contributed by atoms with Crippen molar-refractivity contribution in [2.45, 2.75) is 56.4 Å². The van der Waals surface area contributed by atoms with Gasteiger partial charge in [0.1, 0.15) is 0 Å². The normalized spacial score (nSPS) is 22.8. The van der Waals surface area contributed by atoms with Gasteiger partial charge in [-0.25, -0.2) is 8.42 Å². The third kappa shape index (κ3) is 3.84. The van der Waals surface area contributed by atoms with Crippen LogP contribution >= 0.6 is 0 Å². The molecule has 1 amide bonds. The Labute approximate surface area is 168 Å². The Morgan fingerprint density at radius 1 is 0.893 bits per heavy atom. The number of piperazine rings is 1. The van der Waals surface area contributed by atoms with Crippen molar-refractivity contribution in [3.63, 3.8) is 0 Å². The molecule has 2 aliphatic heterocycles. The van der Waals surface area contributed by atoms with Crippen LogP contribution in [-0.2, 0) is 27.7 Å². The number of sulfonamides is 1. The van der Waals surface area contributed by atoms with Gasteiger partial charge in [0.25, 0.3) is 0 Å². The lowest BCUT2D eigenvalue weighted by molar-refractivity contribution is -0.135. The molecule has 0 aromatic heterocycles. The Morgan fingerprint density at radius 2 is 1.54 bits per heavy atom. The second kappa shape index (κ2) is 8.13. The summed E-state index contributed by atoms with van der Waals surface area (Å²) in [5, 5.41) is 0. The van der Waals surface area contributed by atoms with E-state index in [-0.39, 0.29) is 11.9 Å². The van der Waals surface area contributed by atoms with Gasteiger partial charge in [-0.3, -0.25) is 9.69 Å². The van der Waals surface area contributed by atoms with Crippen LogP contribution in [0.25, 0.3) is 0 Å². The summed E-state index contributed by atoms with van der Waals surface area (Å²) in [6.07, 6.45) is 6.53. The molecule has 0 unspecified atom stereocenters. The highest BCUT2D eigenvalue weighted by Gasteiger charge is 2.34. The standard InChI is InChI=1S/C21H31N3O3S/c1-17(21(25)23-10-4-5-11-23)22-12-14-24(15-13-22)28(26,27)20-9-8-18-6-2-3-7-19(18)16-20/h8-9,16-17H,2-7,10-15H2,1H3/t17-/m0/s1. The largest absolute Gasteiger partial charge is 0.341 e. The average Bonchev–Trinajstić information content (AvgIpc) is 3.27. The van der Waals surface area contributed by atoms with Crippen LogP contribution in [0.1, 0.15) is 43.7 Å². The molecule has 4 rings (SSSR count). The summed E-state index contributed by atoms with van der Waals surface area (Å²) in [7, 11) is -3.47. The van der Waals surface area contributed by atoms with Crippen LogP contribution in [0, 0.1) is 0 Å². The second-order valence-corrected chi connectivity index (χ2v) is 10.2. The number of hydrogen-bond acceptors (Lipinski definition) is 4. The molecule has 1 atom stereocenters. The number of rotatable bonds is 4. The molecular weight excluding hydrogens is 374 g/mol. The van der Waals surface area contributed by atoms with Crippen molar-refractivity contribution in [2.24, 2.45) is 0 Å². The maximum Gasteiger partial charge on any atom is 0.243 e. The molecule has 3 aliphatic rings. The Morgan fingerprint density at radius 3 is 2.21 bits per heavy atom. The molecule has 0 bridgehead atoms. The Kier molecular flexibility index (Phi) is 5.76. The lowest BCUT2D eigenvalue weighted by atomic mass is 9.92. The summed E-state index contributed by atoms with van der Waals surface area (Å²) >= 11 is 0. The molecular formula is C21H31N3O3S. The molecule has 28 heavy (non-hydrogen) atoms. The lowest BCUT2D eigenvalue weighted by Gasteiger charge is -2.38. The molecule has 0 radical (unpaired) electrons. The van der Waals surface area contributed by atoms with E-state index < -0.39 is 10.0 Å². The van der Waals surface area contributed by atoms with Crippen LogP contribution in [0.15, 0.2) is 23.1 Å². The van der Waals surface area contributed by atoms with Crippen molar-refractivity contribution in [2.75, 3.05) is 39.3 Å². The van der Waals surface area contributed by atoms with Crippen molar-refractivity contribution in [1.29, 1.82) is 0 Å². The first kappa shape index (κ1) is 19.9. The first-order chi connectivity index (χ1) is 13.5. The zero-order valence-electron chi connectivity index (χ0n) is 16.8. The number of carbonyl (C=O) groups is 1. The predicted octanol–water partition coefficient (Wildman–Crippen LogP) is 1.88. The Bertz CT molecular complexity index is 825. The van der Waals surface area contributed by atoms with Gasteiger partial charge in [-0.15, -0.1) is 0 Å². The smallest absolute Gasteiger partial charge is 0.243 e. The van der Waals surface area contributed by atoms with Crippen LogP contribution in [0.3, 0.4) is 0 Å². The number of benzene rings is 1. The van der Waals surface area contributed by atoms with E-state index in [4.69, 9.17) is 0 Å². The minimum absolute atomic E-state index is 0.174. The zero-order valence-corrected chi connectivity index (χ0v) is 17.6. The molecule has 2 fully saturated rings. The van der Waals surface area contributed by atoms with Crippen LogP contribution in [0.4, 0.5) is 0 Å². The number of hydrogen-bond donors (Lipinski definition) is 0. The number of carbonyl (C=O) groups excluding carboxylic acids is 1. The minimum Gasteiger partial charge on any atom is -0.341 e. The zero-order chi connectivity index (χ0) is 19.7. The monoisotopic (exact) mass is 405 g/mol. The van der Waals surface area contributed by atoms with Crippen molar-refractivity contribution < 1.29 is 13.2 Å². The number of aryl methyl sites for hydroxylation is 2. The Balaban J connectivity index is 1.40. The van der Waals surface area contributed by atoms with Crippen molar-refractivity contribution in [1.82, 2.24) is 14.1 Å². The van der Waals surface area contributed by atoms with Crippen molar-refractivity contribution in [3.8, 4) is 0 Å². The average molecular weight is 406 g/mol.